The third-order valence-electron chi connectivity index (χ3n) is 2.59. The van der Waals surface area contributed by atoms with Crippen LogP contribution >= 0.6 is 11.8 Å². The molecule has 1 amide bonds. The minimum absolute atomic E-state index is 0.0396. The van der Waals surface area contributed by atoms with Crippen LogP contribution in [0.25, 0.3) is 0 Å². The van der Waals surface area contributed by atoms with Gasteiger partial charge < -0.3 is 10.1 Å². The maximum Gasteiger partial charge on any atom is 0.309 e. The summed E-state index contributed by atoms with van der Waals surface area (Å²) in [5.74, 6) is 0.831. The van der Waals surface area contributed by atoms with Crippen LogP contribution in [0.3, 0.4) is 0 Å². The van der Waals surface area contributed by atoms with Crippen molar-refractivity contribution >= 4 is 23.6 Å². The van der Waals surface area contributed by atoms with Crippen molar-refractivity contribution in [3.8, 4) is 0 Å². The van der Waals surface area contributed by atoms with E-state index in [0.29, 0.717) is 18.2 Å². The van der Waals surface area contributed by atoms with Crippen molar-refractivity contribution in [1.29, 1.82) is 0 Å². The number of ether oxygens (including phenoxy) is 1. The Morgan fingerprint density at radius 2 is 1.83 bits per heavy atom. The maximum absolute atomic E-state index is 11.7. The monoisotopic (exact) mass is 275 g/mol. The van der Waals surface area contributed by atoms with Gasteiger partial charge in [-0.15, -0.1) is 11.8 Å². The third kappa shape index (κ3) is 7.58. The fourth-order valence-corrected chi connectivity index (χ4v) is 2.21. The molecule has 0 aliphatic rings. The van der Waals surface area contributed by atoms with Crippen LogP contribution in [-0.2, 0) is 14.3 Å². The predicted molar refractivity (Wildman–Crippen MR) is 75.6 cm³/mol. The number of hydrogen-bond acceptors (Lipinski definition) is 4. The summed E-state index contributed by atoms with van der Waals surface area (Å²) < 4.78 is 4.64. The quantitative estimate of drug-likeness (QED) is 0.689. The number of methoxy groups -OCH3 is 1. The highest BCUT2D eigenvalue weighted by atomic mass is 32.2. The summed E-state index contributed by atoms with van der Waals surface area (Å²) >= 11 is 1.48. The van der Waals surface area contributed by atoms with Crippen LogP contribution in [0.1, 0.15) is 34.1 Å². The average Bonchev–Trinajstić information content (AvgIpc) is 2.33. The van der Waals surface area contributed by atoms with Crippen molar-refractivity contribution in [3.05, 3.63) is 0 Å². The molecule has 0 aromatic rings. The molecule has 1 N–H and O–H groups in total. The van der Waals surface area contributed by atoms with E-state index in [0.717, 1.165) is 6.42 Å². The lowest BCUT2D eigenvalue weighted by Crippen LogP contribution is -2.33. The Kier molecular flexibility index (Phi) is 8.89. The fourth-order valence-electron chi connectivity index (χ4n) is 1.26. The van der Waals surface area contributed by atoms with Gasteiger partial charge in [-0.25, -0.2) is 0 Å². The molecule has 0 aromatic carbocycles. The van der Waals surface area contributed by atoms with Crippen LogP contribution in [0.5, 0.6) is 0 Å². The van der Waals surface area contributed by atoms with Crippen molar-refractivity contribution in [3.63, 3.8) is 0 Å². The molecular weight excluding hydrogens is 250 g/mol. The van der Waals surface area contributed by atoms with Gasteiger partial charge in [0.05, 0.1) is 18.3 Å². The van der Waals surface area contributed by atoms with Crippen LogP contribution < -0.4 is 5.32 Å². The molecule has 0 aliphatic heterocycles. The van der Waals surface area contributed by atoms with Gasteiger partial charge in [-0.3, -0.25) is 9.59 Å². The van der Waals surface area contributed by atoms with Crippen molar-refractivity contribution < 1.29 is 14.3 Å². The number of thioether (sulfide) groups is 1. The number of rotatable bonds is 8. The molecule has 0 heterocycles. The SMILES string of the molecule is COC(=O)C(C)CSC(C)C(=O)NCCC(C)C. The van der Waals surface area contributed by atoms with E-state index < -0.39 is 0 Å². The van der Waals surface area contributed by atoms with E-state index in [9.17, 15) is 9.59 Å². The first-order chi connectivity index (χ1) is 8.38. The molecule has 0 spiro atoms. The number of carbonyl (C=O) groups is 2. The summed E-state index contributed by atoms with van der Waals surface area (Å²) in [7, 11) is 1.38. The zero-order valence-corrected chi connectivity index (χ0v) is 12.8. The first-order valence-electron chi connectivity index (χ1n) is 6.35. The summed E-state index contributed by atoms with van der Waals surface area (Å²) in [6.45, 7) is 8.64. The molecule has 0 fully saturated rings. The van der Waals surface area contributed by atoms with Gasteiger partial charge >= 0.3 is 5.97 Å². The lowest BCUT2D eigenvalue weighted by molar-refractivity contribution is -0.144. The normalized spacial score (nSPS) is 14.1. The highest BCUT2D eigenvalue weighted by Gasteiger charge is 2.18. The molecule has 0 rings (SSSR count). The van der Waals surface area contributed by atoms with Gasteiger partial charge in [0.15, 0.2) is 0 Å². The molecule has 18 heavy (non-hydrogen) atoms. The Balaban J connectivity index is 3.84. The molecule has 5 heteroatoms. The Bertz CT molecular complexity index is 269. The summed E-state index contributed by atoms with van der Waals surface area (Å²) in [6, 6.07) is 0. The van der Waals surface area contributed by atoms with E-state index in [1.165, 1.54) is 18.9 Å². The summed E-state index contributed by atoms with van der Waals surface area (Å²) in [6.07, 6.45) is 0.988. The Morgan fingerprint density at radius 1 is 1.22 bits per heavy atom. The first-order valence-corrected chi connectivity index (χ1v) is 7.40. The second-order valence-electron chi connectivity index (χ2n) is 4.87. The highest BCUT2D eigenvalue weighted by molar-refractivity contribution is 8.00. The predicted octanol–water partition coefficient (Wildman–Crippen LogP) is 2.08. The molecule has 0 aliphatic carbocycles. The Labute approximate surface area is 114 Å². The summed E-state index contributed by atoms with van der Waals surface area (Å²) in [5, 5.41) is 2.77. The molecule has 0 saturated heterocycles. The minimum Gasteiger partial charge on any atom is -0.469 e. The Hall–Kier alpha value is -0.710. The van der Waals surface area contributed by atoms with Crippen molar-refractivity contribution in [2.45, 2.75) is 39.4 Å². The minimum atomic E-state index is -0.227. The van der Waals surface area contributed by atoms with E-state index in [1.54, 1.807) is 0 Å². The van der Waals surface area contributed by atoms with Gasteiger partial charge in [-0.1, -0.05) is 20.8 Å². The van der Waals surface area contributed by atoms with Crippen LogP contribution in [-0.4, -0.2) is 36.5 Å². The zero-order valence-electron chi connectivity index (χ0n) is 12.0. The molecule has 4 nitrogen and oxygen atoms in total. The smallest absolute Gasteiger partial charge is 0.309 e. The second-order valence-corrected chi connectivity index (χ2v) is 6.25. The molecule has 0 aromatic heterocycles. The van der Waals surface area contributed by atoms with Crippen molar-refractivity contribution in [2.24, 2.45) is 11.8 Å². The molecule has 0 radical (unpaired) electrons. The van der Waals surface area contributed by atoms with Gasteiger partial charge in [0, 0.05) is 12.3 Å². The van der Waals surface area contributed by atoms with E-state index >= 15 is 0 Å². The highest BCUT2D eigenvalue weighted by Crippen LogP contribution is 2.16. The van der Waals surface area contributed by atoms with Crippen LogP contribution in [0, 0.1) is 11.8 Å². The van der Waals surface area contributed by atoms with Crippen LogP contribution in [0.2, 0.25) is 0 Å². The van der Waals surface area contributed by atoms with E-state index in [-0.39, 0.29) is 23.0 Å². The largest absolute Gasteiger partial charge is 0.469 e. The van der Waals surface area contributed by atoms with E-state index in [2.05, 4.69) is 23.9 Å². The summed E-state index contributed by atoms with van der Waals surface area (Å²) in [5.41, 5.74) is 0. The number of amides is 1. The average molecular weight is 275 g/mol. The molecule has 2 unspecified atom stereocenters. The Morgan fingerprint density at radius 3 is 2.33 bits per heavy atom. The van der Waals surface area contributed by atoms with E-state index in [1.807, 2.05) is 13.8 Å². The molecule has 106 valence electrons. The number of nitrogens with one attached hydrogen (secondary N) is 1. The molecule has 2 atom stereocenters. The van der Waals surface area contributed by atoms with Crippen LogP contribution in [0.15, 0.2) is 0 Å². The number of hydrogen-bond donors (Lipinski definition) is 1. The lowest BCUT2D eigenvalue weighted by atomic mass is 10.1. The van der Waals surface area contributed by atoms with E-state index in [4.69, 9.17) is 0 Å². The maximum atomic E-state index is 11.7. The molecular formula is C13H25NO3S. The van der Waals surface area contributed by atoms with Gasteiger partial charge in [0.2, 0.25) is 5.91 Å². The first kappa shape index (κ1) is 17.3. The molecule has 0 saturated carbocycles. The number of esters is 1. The van der Waals surface area contributed by atoms with Crippen molar-refractivity contribution in [2.75, 3.05) is 19.4 Å². The second kappa shape index (κ2) is 9.25. The molecule has 0 bridgehead atoms. The van der Waals surface area contributed by atoms with Gasteiger partial charge in [0.25, 0.3) is 0 Å². The zero-order chi connectivity index (χ0) is 14.1. The summed E-state index contributed by atoms with van der Waals surface area (Å²) in [4.78, 5) is 22.9. The third-order valence-corrected chi connectivity index (χ3v) is 4.00. The standard InChI is InChI=1S/C13H25NO3S/c1-9(2)6-7-14-12(15)11(4)18-8-10(3)13(16)17-5/h9-11H,6-8H2,1-5H3,(H,14,15). The van der Waals surface area contributed by atoms with Gasteiger partial charge in [-0.2, -0.15) is 0 Å². The fraction of sp³-hybridized carbons (Fsp3) is 0.846. The van der Waals surface area contributed by atoms with Gasteiger partial charge in [0.1, 0.15) is 0 Å². The lowest BCUT2D eigenvalue weighted by Gasteiger charge is -2.14. The van der Waals surface area contributed by atoms with Crippen LogP contribution in [0.4, 0.5) is 0 Å². The van der Waals surface area contributed by atoms with Gasteiger partial charge in [-0.05, 0) is 19.3 Å². The number of carbonyl (C=O) groups excluding carboxylic acids is 2. The van der Waals surface area contributed by atoms with Crippen molar-refractivity contribution in [1.82, 2.24) is 5.32 Å². The topological polar surface area (TPSA) is 55.4 Å².